The Hall–Kier alpha value is -7.20. The summed E-state index contributed by atoms with van der Waals surface area (Å²) >= 11 is 0. The molecule has 0 unspecified atom stereocenters. The van der Waals surface area contributed by atoms with Crippen LogP contribution >= 0.6 is 0 Å². The summed E-state index contributed by atoms with van der Waals surface area (Å²) in [6.45, 7) is 0. The maximum Gasteiger partial charge on any atom is 0.203 e. The largest absolute Gasteiger partial charge is 0.384 e. The lowest BCUT2D eigenvalue weighted by Crippen LogP contribution is -2.39. The smallest absolute Gasteiger partial charge is 0.203 e. The molecule has 0 aliphatic carbocycles. The van der Waals surface area contributed by atoms with Crippen molar-refractivity contribution in [1.29, 1.82) is 0 Å². The zero-order chi connectivity index (χ0) is 36.7. The Morgan fingerprint density at radius 3 is 1.57 bits per heavy atom. The summed E-state index contributed by atoms with van der Waals surface area (Å²) < 4.78 is 2.00. The molecule has 0 radical (unpaired) electrons. The first-order valence-electron chi connectivity index (χ1n) is 17.8. The standard InChI is InChI=1S/C32H27N5.C12H11N5/c1-33-29-23-25(22-24-14-6-2-7-15-24)30-31(34-29)37(36-35-30)32(26-16-8-3-9-17-26,27-18-10-4-11-19-27)28-20-12-5-13-21-28;13-10-7-9(6-8-4-2-1-3-5-8)11-12(14-10)16-17-15-11/h2-21,23H,22H2,1H3,(H,33,34);1-5,7H,6H2,(H3,13,14,15,16,17). The highest BCUT2D eigenvalue weighted by Crippen LogP contribution is 2.42. The van der Waals surface area contributed by atoms with Crippen LogP contribution in [0.1, 0.15) is 38.9 Å². The predicted molar refractivity (Wildman–Crippen MR) is 214 cm³/mol. The molecule has 0 aliphatic rings. The van der Waals surface area contributed by atoms with Gasteiger partial charge in [0.15, 0.2) is 5.65 Å². The molecule has 0 saturated carbocycles. The van der Waals surface area contributed by atoms with Gasteiger partial charge in [-0.05, 0) is 63.9 Å². The average Bonchev–Trinajstić information content (AvgIpc) is 3.89. The van der Waals surface area contributed by atoms with E-state index in [1.807, 2.05) is 60.3 Å². The van der Waals surface area contributed by atoms with Gasteiger partial charge in [-0.3, -0.25) is 0 Å². The minimum absolute atomic E-state index is 0.470. The second-order valence-electron chi connectivity index (χ2n) is 12.9. The van der Waals surface area contributed by atoms with Gasteiger partial charge in [0.2, 0.25) is 5.65 Å². The lowest BCUT2D eigenvalue weighted by Gasteiger charge is -2.36. The van der Waals surface area contributed by atoms with Gasteiger partial charge in [-0.2, -0.15) is 10.3 Å². The molecule has 0 saturated heterocycles. The third-order valence-electron chi connectivity index (χ3n) is 9.50. The lowest BCUT2D eigenvalue weighted by molar-refractivity contribution is 0.458. The van der Waals surface area contributed by atoms with Crippen molar-refractivity contribution in [3.05, 3.63) is 203 Å². The van der Waals surface area contributed by atoms with Crippen LogP contribution in [0.2, 0.25) is 0 Å². The Balaban J connectivity index is 0.000000202. The first-order chi connectivity index (χ1) is 26.6. The summed E-state index contributed by atoms with van der Waals surface area (Å²) in [5.41, 5.74) is 15.6. The number of nitrogen functional groups attached to an aromatic ring is 1. The van der Waals surface area contributed by atoms with Gasteiger partial charge < -0.3 is 11.1 Å². The van der Waals surface area contributed by atoms with Gasteiger partial charge in [-0.15, -0.1) is 10.2 Å². The van der Waals surface area contributed by atoms with Crippen molar-refractivity contribution in [1.82, 2.24) is 40.4 Å². The molecule has 0 fully saturated rings. The second-order valence-corrected chi connectivity index (χ2v) is 12.9. The summed E-state index contributed by atoms with van der Waals surface area (Å²) in [5.74, 6) is 1.25. The van der Waals surface area contributed by atoms with Gasteiger partial charge >= 0.3 is 0 Å². The molecule has 264 valence electrons. The molecule has 0 atom stereocenters. The molecule has 4 N–H and O–H groups in total. The van der Waals surface area contributed by atoms with Crippen LogP contribution in [0.3, 0.4) is 0 Å². The number of aromatic nitrogens is 8. The summed E-state index contributed by atoms with van der Waals surface area (Å²) in [5, 5.41) is 23.5. The molecule has 0 amide bonds. The van der Waals surface area contributed by atoms with Gasteiger partial charge in [-0.25, -0.2) is 14.6 Å². The number of benzene rings is 5. The fourth-order valence-electron chi connectivity index (χ4n) is 7.04. The van der Waals surface area contributed by atoms with Crippen molar-refractivity contribution in [3.63, 3.8) is 0 Å². The van der Waals surface area contributed by atoms with Crippen LogP contribution in [-0.2, 0) is 18.4 Å². The monoisotopic (exact) mass is 706 g/mol. The Morgan fingerprint density at radius 1 is 0.593 bits per heavy atom. The van der Waals surface area contributed by atoms with E-state index in [2.05, 4.69) is 141 Å². The summed E-state index contributed by atoms with van der Waals surface area (Å²) in [6.07, 6.45) is 1.51. The van der Waals surface area contributed by atoms with Crippen LogP contribution in [-0.4, -0.2) is 47.4 Å². The van der Waals surface area contributed by atoms with Crippen LogP contribution in [0.4, 0.5) is 11.6 Å². The van der Waals surface area contributed by atoms with Crippen LogP contribution in [0.15, 0.2) is 164 Å². The first-order valence-corrected chi connectivity index (χ1v) is 17.8. The van der Waals surface area contributed by atoms with Crippen molar-refractivity contribution in [2.24, 2.45) is 0 Å². The fraction of sp³-hybridized carbons (Fsp3) is 0.0909. The Bertz CT molecular complexity index is 2490. The number of hydrogen-bond acceptors (Lipinski definition) is 8. The molecule has 0 bridgehead atoms. The minimum atomic E-state index is -0.776. The Labute approximate surface area is 312 Å². The van der Waals surface area contributed by atoms with Crippen LogP contribution in [0, 0.1) is 0 Å². The highest BCUT2D eigenvalue weighted by atomic mass is 15.5. The van der Waals surface area contributed by atoms with Crippen molar-refractivity contribution in [3.8, 4) is 0 Å². The van der Waals surface area contributed by atoms with E-state index in [0.29, 0.717) is 11.5 Å². The summed E-state index contributed by atoms with van der Waals surface area (Å²) in [4.78, 5) is 9.14. The third-order valence-corrected chi connectivity index (χ3v) is 9.50. The second kappa shape index (κ2) is 15.2. The zero-order valence-electron chi connectivity index (χ0n) is 29.7. The number of pyridine rings is 2. The SMILES string of the molecule is CNc1cc(Cc2ccccc2)c2nnn(C(c3ccccc3)(c3ccccc3)c3ccccc3)c2n1.Nc1cc(Cc2ccccc2)c2n[nH]nc2n1. The maximum absolute atomic E-state index is 5.74. The average molecular weight is 707 g/mol. The van der Waals surface area contributed by atoms with Crippen LogP contribution in [0.25, 0.3) is 22.3 Å². The van der Waals surface area contributed by atoms with Crippen molar-refractivity contribution in [2.75, 3.05) is 18.1 Å². The van der Waals surface area contributed by atoms with E-state index in [1.54, 1.807) is 0 Å². The van der Waals surface area contributed by atoms with E-state index in [9.17, 15) is 0 Å². The summed E-state index contributed by atoms with van der Waals surface area (Å²) in [6, 6.07) is 56.0. The third kappa shape index (κ3) is 6.64. The highest BCUT2D eigenvalue weighted by molar-refractivity contribution is 5.79. The number of H-pyrrole nitrogens is 1. The quantitative estimate of drug-likeness (QED) is 0.129. The lowest BCUT2D eigenvalue weighted by atomic mass is 9.77. The van der Waals surface area contributed by atoms with Crippen molar-refractivity contribution < 1.29 is 0 Å². The molecule has 10 heteroatoms. The predicted octanol–water partition coefficient (Wildman–Crippen LogP) is 7.82. The van der Waals surface area contributed by atoms with E-state index >= 15 is 0 Å². The molecule has 4 aromatic heterocycles. The Morgan fingerprint density at radius 2 is 1.07 bits per heavy atom. The number of hydrogen-bond donors (Lipinski definition) is 3. The molecule has 9 aromatic rings. The van der Waals surface area contributed by atoms with Gasteiger partial charge in [0.05, 0.1) is 0 Å². The van der Waals surface area contributed by atoms with Gasteiger partial charge in [-0.1, -0.05) is 157 Å². The van der Waals surface area contributed by atoms with Gasteiger partial charge in [0.1, 0.15) is 28.2 Å². The molecule has 54 heavy (non-hydrogen) atoms. The van der Waals surface area contributed by atoms with E-state index < -0.39 is 5.54 Å². The number of aromatic amines is 1. The molecule has 0 spiro atoms. The number of nitrogens with two attached hydrogens (primary N) is 1. The molecular formula is C44H38N10. The molecule has 9 rings (SSSR count). The molecule has 4 heterocycles. The van der Waals surface area contributed by atoms with Crippen molar-refractivity contribution in [2.45, 2.75) is 18.4 Å². The molecular weight excluding hydrogens is 669 g/mol. The number of rotatable bonds is 9. The van der Waals surface area contributed by atoms with Gasteiger partial charge in [0, 0.05) is 7.05 Å². The van der Waals surface area contributed by atoms with Crippen molar-refractivity contribution >= 4 is 34.0 Å². The van der Waals surface area contributed by atoms with Gasteiger partial charge in [0.25, 0.3) is 0 Å². The highest BCUT2D eigenvalue weighted by Gasteiger charge is 2.41. The maximum atomic E-state index is 5.74. The minimum Gasteiger partial charge on any atom is -0.384 e. The topological polar surface area (TPSA) is 136 Å². The Kier molecular flexibility index (Phi) is 9.54. The molecule has 5 aromatic carbocycles. The van der Waals surface area contributed by atoms with Crippen LogP contribution < -0.4 is 11.1 Å². The molecule has 10 nitrogen and oxygen atoms in total. The molecule has 0 aliphatic heterocycles. The van der Waals surface area contributed by atoms with Crippen LogP contribution in [0.5, 0.6) is 0 Å². The zero-order valence-corrected chi connectivity index (χ0v) is 29.7. The first kappa shape index (κ1) is 33.9. The number of fused-ring (bicyclic) bond motifs is 2. The van der Waals surface area contributed by atoms with E-state index in [-0.39, 0.29) is 0 Å². The number of anilines is 2. The van der Waals surface area contributed by atoms with E-state index in [4.69, 9.17) is 21.0 Å². The number of nitrogens with one attached hydrogen (secondary N) is 2. The van der Waals surface area contributed by atoms with E-state index in [1.165, 1.54) is 11.1 Å². The van der Waals surface area contributed by atoms with E-state index in [0.717, 1.165) is 63.2 Å². The number of nitrogens with zero attached hydrogens (tertiary/aromatic N) is 7. The fourth-order valence-corrected chi connectivity index (χ4v) is 7.04. The summed E-state index contributed by atoms with van der Waals surface area (Å²) in [7, 11) is 1.90. The normalized spacial score (nSPS) is 11.3.